The van der Waals surface area contributed by atoms with Crippen LogP contribution in [0.3, 0.4) is 0 Å². The minimum atomic E-state index is 0.534. The highest BCUT2D eigenvalue weighted by Crippen LogP contribution is 2.25. The van der Waals surface area contributed by atoms with E-state index in [1.165, 1.54) is 42.4 Å². The topological polar surface area (TPSA) is 21.3 Å². The molecular formula is C22H29NO. The van der Waals surface area contributed by atoms with Gasteiger partial charge in [0.2, 0.25) is 0 Å². The fraction of sp³-hybridized carbons (Fsp3) is 0.455. The van der Waals surface area contributed by atoms with Crippen LogP contribution in [0, 0.1) is 5.92 Å². The zero-order valence-corrected chi connectivity index (χ0v) is 14.8. The lowest BCUT2D eigenvalue weighted by molar-refractivity contribution is 0.238. The van der Waals surface area contributed by atoms with E-state index < -0.39 is 0 Å². The van der Waals surface area contributed by atoms with Crippen LogP contribution in [0.5, 0.6) is 5.75 Å². The lowest BCUT2D eigenvalue weighted by Gasteiger charge is -2.20. The molecule has 0 saturated carbocycles. The average Bonchev–Trinajstić information content (AvgIpc) is 2.64. The molecule has 0 heterocycles. The maximum atomic E-state index is 6.14. The minimum absolute atomic E-state index is 0.534. The highest BCUT2D eigenvalue weighted by Gasteiger charge is 2.12. The molecule has 1 unspecified atom stereocenters. The van der Waals surface area contributed by atoms with Crippen molar-refractivity contribution in [3.63, 3.8) is 0 Å². The Kier molecular flexibility index (Phi) is 6.31. The molecular weight excluding hydrogens is 294 g/mol. The first-order valence-electron chi connectivity index (χ1n) is 9.28. The van der Waals surface area contributed by atoms with Crippen molar-refractivity contribution in [1.82, 2.24) is 5.32 Å². The van der Waals surface area contributed by atoms with Crippen LogP contribution in [0.1, 0.15) is 36.0 Å². The van der Waals surface area contributed by atoms with Gasteiger partial charge in [0.15, 0.2) is 0 Å². The van der Waals surface area contributed by atoms with Crippen LogP contribution in [0.4, 0.5) is 0 Å². The molecule has 0 aromatic heterocycles. The first-order valence-corrected chi connectivity index (χ1v) is 9.28. The van der Waals surface area contributed by atoms with Crippen molar-refractivity contribution < 1.29 is 4.74 Å². The third kappa shape index (κ3) is 4.85. The van der Waals surface area contributed by atoms with Gasteiger partial charge in [0.25, 0.3) is 0 Å². The zero-order chi connectivity index (χ0) is 16.6. The van der Waals surface area contributed by atoms with Crippen LogP contribution in [-0.2, 0) is 19.3 Å². The Labute approximate surface area is 146 Å². The lowest BCUT2D eigenvalue weighted by Crippen LogP contribution is -2.25. The lowest BCUT2D eigenvalue weighted by atomic mass is 9.92. The smallest absolute Gasteiger partial charge is 0.119 e. The Hall–Kier alpha value is -1.80. The molecule has 0 bridgehead atoms. The van der Waals surface area contributed by atoms with Gasteiger partial charge in [-0.25, -0.2) is 0 Å². The van der Waals surface area contributed by atoms with E-state index in [0.717, 1.165) is 31.7 Å². The van der Waals surface area contributed by atoms with Crippen LogP contribution in [-0.4, -0.2) is 20.2 Å². The van der Waals surface area contributed by atoms with Gasteiger partial charge in [-0.15, -0.1) is 0 Å². The molecule has 2 aromatic rings. The Morgan fingerprint density at radius 1 is 1.00 bits per heavy atom. The normalized spacial score (nSPS) is 14.9. The summed E-state index contributed by atoms with van der Waals surface area (Å²) in [5, 5.41) is 3.31. The van der Waals surface area contributed by atoms with Crippen molar-refractivity contribution in [2.75, 3.05) is 20.2 Å². The molecule has 3 rings (SSSR count). The maximum Gasteiger partial charge on any atom is 0.119 e. The van der Waals surface area contributed by atoms with Crippen LogP contribution in [0.2, 0.25) is 0 Å². The van der Waals surface area contributed by atoms with Gasteiger partial charge in [-0.1, -0.05) is 36.4 Å². The van der Waals surface area contributed by atoms with E-state index in [1.54, 1.807) is 0 Å². The standard InChI is InChI=1S/C22H29NO/c1-23-16-19(12-11-18-7-3-2-4-8-18)17-24-22-14-13-20-9-5-6-10-21(20)15-22/h2-4,7-8,13-15,19,23H,5-6,9-12,16-17H2,1H3. The average molecular weight is 323 g/mol. The van der Waals surface area contributed by atoms with Gasteiger partial charge in [0.1, 0.15) is 5.75 Å². The molecule has 1 aliphatic carbocycles. The predicted octanol–water partition coefficient (Wildman–Crippen LogP) is 4.41. The first kappa shape index (κ1) is 17.0. The van der Waals surface area contributed by atoms with E-state index in [2.05, 4.69) is 53.8 Å². The minimum Gasteiger partial charge on any atom is -0.493 e. The summed E-state index contributed by atoms with van der Waals surface area (Å²) in [6.07, 6.45) is 7.35. The molecule has 0 saturated heterocycles. The molecule has 1 aliphatic rings. The van der Waals surface area contributed by atoms with Gasteiger partial charge in [0.05, 0.1) is 6.61 Å². The summed E-state index contributed by atoms with van der Waals surface area (Å²) in [6.45, 7) is 1.78. The van der Waals surface area contributed by atoms with E-state index in [-0.39, 0.29) is 0 Å². The molecule has 128 valence electrons. The fourth-order valence-corrected chi connectivity index (χ4v) is 3.56. The van der Waals surface area contributed by atoms with Crippen molar-refractivity contribution >= 4 is 0 Å². The number of hydrogen-bond acceptors (Lipinski definition) is 2. The van der Waals surface area contributed by atoms with E-state index in [1.807, 2.05) is 7.05 Å². The zero-order valence-electron chi connectivity index (χ0n) is 14.8. The molecule has 0 spiro atoms. The monoisotopic (exact) mass is 323 g/mol. The number of rotatable bonds is 8. The Balaban J connectivity index is 1.53. The van der Waals surface area contributed by atoms with E-state index >= 15 is 0 Å². The second-order valence-corrected chi connectivity index (χ2v) is 6.90. The maximum absolute atomic E-state index is 6.14. The van der Waals surface area contributed by atoms with E-state index in [0.29, 0.717) is 5.92 Å². The molecule has 0 aliphatic heterocycles. The van der Waals surface area contributed by atoms with Crippen LogP contribution in [0.25, 0.3) is 0 Å². The van der Waals surface area contributed by atoms with Crippen molar-refractivity contribution in [3.8, 4) is 5.75 Å². The van der Waals surface area contributed by atoms with Crippen LogP contribution < -0.4 is 10.1 Å². The third-order valence-electron chi connectivity index (χ3n) is 4.98. The van der Waals surface area contributed by atoms with Gasteiger partial charge < -0.3 is 10.1 Å². The summed E-state index contributed by atoms with van der Waals surface area (Å²) >= 11 is 0. The van der Waals surface area contributed by atoms with E-state index in [4.69, 9.17) is 4.74 Å². The molecule has 2 aromatic carbocycles. The highest BCUT2D eigenvalue weighted by molar-refractivity contribution is 5.37. The van der Waals surface area contributed by atoms with Gasteiger partial charge in [-0.3, -0.25) is 0 Å². The molecule has 2 nitrogen and oxygen atoms in total. The fourth-order valence-electron chi connectivity index (χ4n) is 3.56. The Morgan fingerprint density at radius 3 is 2.58 bits per heavy atom. The van der Waals surface area contributed by atoms with Crippen molar-refractivity contribution in [2.45, 2.75) is 38.5 Å². The number of nitrogens with one attached hydrogen (secondary N) is 1. The molecule has 0 fully saturated rings. The SMILES string of the molecule is CNCC(CCc1ccccc1)COc1ccc2c(c1)CCCC2. The molecule has 0 amide bonds. The van der Waals surface area contributed by atoms with Crippen molar-refractivity contribution in [2.24, 2.45) is 5.92 Å². The quantitative estimate of drug-likeness (QED) is 0.777. The van der Waals surface area contributed by atoms with Gasteiger partial charge >= 0.3 is 0 Å². The second kappa shape index (κ2) is 8.89. The Morgan fingerprint density at radius 2 is 1.79 bits per heavy atom. The summed E-state index contributed by atoms with van der Waals surface area (Å²) in [4.78, 5) is 0. The van der Waals surface area contributed by atoms with Gasteiger partial charge in [0, 0.05) is 12.5 Å². The highest BCUT2D eigenvalue weighted by atomic mass is 16.5. The predicted molar refractivity (Wildman–Crippen MR) is 101 cm³/mol. The summed E-state index contributed by atoms with van der Waals surface area (Å²) < 4.78 is 6.14. The van der Waals surface area contributed by atoms with Gasteiger partial charge in [-0.2, -0.15) is 0 Å². The number of ether oxygens (including phenoxy) is 1. The second-order valence-electron chi connectivity index (χ2n) is 6.90. The third-order valence-corrected chi connectivity index (χ3v) is 4.98. The van der Waals surface area contributed by atoms with E-state index in [9.17, 15) is 0 Å². The number of aryl methyl sites for hydroxylation is 3. The van der Waals surface area contributed by atoms with Crippen molar-refractivity contribution in [1.29, 1.82) is 0 Å². The molecule has 1 N–H and O–H groups in total. The molecule has 2 heteroatoms. The summed E-state index contributed by atoms with van der Waals surface area (Å²) in [5.74, 6) is 1.57. The summed E-state index contributed by atoms with van der Waals surface area (Å²) in [7, 11) is 2.02. The van der Waals surface area contributed by atoms with Crippen LogP contribution >= 0.6 is 0 Å². The number of fused-ring (bicyclic) bond motifs is 1. The summed E-state index contributed by atoms with van der Waals surface area (Å²) in [6, 6.07) is 17.4. The number of benzene rings is 2. The van der Waals surface area contributed by atoms with Crippen molar-refractivity contribution in [3.05, 3.63) is 65.2 Å². The molecule has 24 heavy (non-hydrogen) atoms. The summed E-state index contributed by atoms with van der Waals surface area (Å²) in [5.41, 5.74) is 4.42. The van der Waals surface area contributed by atoms with Gasteiger partial charge in [-0.05, 0) is 74.4 Å². The molecule has 0 radical (unpaired) electrons. The number of hydrogen-bond donors (Lipinski definition) is 1. The first-order chi connectivity index (χ1) is 11.8. The molecule has 1 atom stereocenters. The Bertz CT molecular complexity index is 623. The van der Waals surface area contributed by atoms with Crippen LogP contribution in [0.15, 0.2) is 48.5 Å². The largest absolute Gasteiger partial charge is 0.493 e.